The second-order valence-electron chi connectivity index (χ2n) is 6.97. The zero-order chi connectivity index (χ0) is 19.1. The second kappa shape index (κ2) is 6.57. The molecule has 1 N–H and O–H groups in total. The highest BCUT2D eigenvalue weighted by molar-refractivity contribution is 6.23. The van der Waals surface area contributed by atoms with Gasteiger partial charge in [0.1, 0.15) is 0 Å². The molecule has 1 amide bonds. The summed E-state index contributed by atoms with van der Waals surface area (Å²) in [4.78, 5) is 22.2. The Kier molecular flexibility index (Phi) is 3.90. The van der Waals surface area contributed by atoms with Gasteiger partial charge >= 0.3 is 0 Å². The van der Waals surface area contributed by atoms with Gasteiger partial charge in [0.2, 0.25) is 0 Å². The van der Waals surface area contributed by atoms with Gasteiger partial charge in [0.15, 0.2) is 0 Å². The van der Waals surface area contributed by atoms with Crippen LogP contribution in [0, 0.1) is 0 Å². The van der Waals surface area contributed by atoms with Crippen LogP contribution in [-0.4, -0.2) is 22.4 Å². The smallest absolute Gasteiger partial charge is 0.251 e. The minimum Gasteiger partial charge on any atom is -0.352 e. The Labute approximate surface area is 162 Å². The van der Waals surface area contributed by atoms with Crippen LogP contribution >= 0.6 is 0 Å². The number of carbonyl (C=O) groups excluding carboxylic acids is 1. The molecule has 4 aromatic carbocycles. The normalized spacial score (nSPS) is 11.5. The average Bonchev–Trinajstić information content (AvgIpc) is 2.76. The number of nitrogens with one attached hydrogen (secondary N) is 1. The Bertz CT molecular complexity index is 1370. The monoisotopic (exact) mass is 365 g/mol. The van der Waals surface area contributed by atoms with Crippen LogP contribution in [0.4, 0.5) is 0 Å². The van der Waals surface area contributed by atoms with Gasteiger partial charge in [0, 0.05) is 22.9 Å². The Morgan fingerprint density at radius 1 is 0.786 bits per heavy atom. The maximum Gasteiger partial charge on any atom is 0.251 e. The zero-order valence-electron chi connectivity index (χ0n) is 15.6. The van der Waals surface area contributed by atoms with Crippen molar-refractivity contribution in [3.8, 4) is 0 Å². The third-order valence-electron chi connectivity index (χ3n) is 5.12. The molecule has 4 nitrogen and oxygen atoms in total. The molecule has 0 aliphatic rings. The number of hydrogen-bond acceptors (Lipinski definition) is 3. The Hall–Kier alpha value is -3.53. The van der Waals surface area contributed by atoms with Gasteiger partial charge in [-0.1, -0.05) is 55.5 Å². The first kappa shape index (κ1) is 16.6. The maximum absolute atomic E-state index is 12.3. The molecule has 5 rings (SSSR count). The van der Waals surface area contributed by atoms with E-state index in [1.54, 1.807) is 0 Å². The van der Waals surface area contributed by atoms with Gasteiger partial charge in [-0.15, -0.1) is 0 Å². The van der Waals surface area contributed by atoms with Crippen molar-refractivity contribution in [2.45, 2.75) is 13.3 Å². The Balaban J connectivity index is 1.83. The number of rotatable bonds is 3. The maximum atomic E-state index is 12.3. The fourth-order valence-corrected chi connectivity index (χ4v) is 3.76. The summed E-state index contributed by atoms with van der Waals surface area (Å²) in [5, 5.41) is 7.42. The third kappa shape index (κ3) is 2.57. The van der Waals surface area contributed by atoms with Gasteiger partial charge in [-0.05, 0) is 35.4 Å². The molecular formula is C24H19N3O. The summed E-state index contributed by atoms with van der Waals surface area (Å²) < 4.78 is 0. The van der Waals surface area contributed by atoms with Crippen molar-refractivity contribution in [1.29, 1.82) is 0 Å². The first-order chi connectivity index (χ1) is 13.8. The molecule has 1 aromatic heterocycles. The predicted octanol–water partition coefficient (Wildman–Crippen LogP) is 5.23. The molecule has 0 saturated carbocycles. The molecular weight excluding hydrogens is 346 g/mol. The Morgan fingerprint density at radius 2 is 1.36 bits per heavy atom. The third-order valence-corrected chi connectivity index (χ3v) is 5.12. The standard InChI is InChI=1S/C24H19N3O/c1-2-13-25-24(28)15-11-12-20-21(14-15)27-23-19-10-6-4-8-17(19)16-7-3-5-9-18(16)22(23)26-20/h3-12,14H,2,13H2,1H3,(H,25,28). The number of hydrogen-bond donors (Lipinski definition) is 1. The van der Waals surface area contributed by atoms with Crippen LogP contribution in [0.15, 0.2) is 66.7 Å². The van der Waals surface area contributed by atoms with E-state index in [4.69, 9.17) is 9.97 Å². The number of carbonyl (C=O) groups is 1. The van der Waals surface area contributed by atoms with Crippen LogP contribution in [0.5, 0.6) is 0 Å². The summed E-state index contributed by atoms with van der Waals surface area (Å²) in [6.07, 6.45) is 0.906. The molecule has 1 heterocycles. The lowest BCUT2D eigenvalue weighted by Crippen LogP contribution is -2.23. The highest BCUT2D eigenvalue weighted by Crippen LogP contribution is 2.33. The van der Waals surface area contributed by atoms with Gasteiger partial charge in [0.05, 0.1) is 22.1 Å². The van der Waals surface area contributed by atoms with Crippen molar-refractivity contribution < 1.29 is 4.79 Å². The Morgan fingerprint density at radius 3 is 1.96 bits per heavy atom. The van der Waals surface area contributed by atoms with Crippen LogP contribution in [0.2, 0.25) is 0 Å². The molecule has 0 spiro atoms. The summed E-state index contributed by atoms with van der Waals surface area (Å²) in [5.74, 6) is -0.0750. The van der Waals surface area contributed by atoms with E-state index in [0.717, 1.165) is 44.6 Å². The minimum atomic E-state index is -0.0750. The van der Waals surface area contributed by atoms with E-state index >= 15 is 0 Å². The number of benzene rings is 4. The summed E-state index contributed by atoms with van der Waals surface area (Å²) in [7, 11) is 0. The topological polar surface area (TPSA) is 54.9 Å². The summed E-state index contributed by atoms with van der Waals surface area (Å²) in [5.41, 5.74) is 3.90. The fourth-order valence-electron chi connectivity index (χ4n) is 3.76. The van der Waals surface area contributed by atoms with Gasteiger partial charge in [-0.2, -0.15) is 0 Å². The lowest BCUT2D eigenvalue weighted by molar-refractivity contribution is 0.0954. The van der Waals surface area contributed by atoms with Gasteiger partial charge in [-0.25, -0.2) is 9.97 Å². The predicted molar refractivity (Wildman–Crippen MR) is 115 cm³/mol. The van der Waals surface area contributed by atoms with E-state index in [0.29, 0.717) is 12.1 Å². The molecule has 5 aromatic rings. The number of aromatic nitrogens is 2. The van der Waals surface area contributed by atoms with Crippen molar-refractivity contribution in [2.75, 3.05) is 6.54 Å². The van der Waals surface area contributed by atoms with Crippen LogP contribution in [0.3, 0.4) is 0 Å². The number of nitrogens with zero attached hydrogens (tertiary/aromatic N) is 2. The summed E-state index contributed by atoms with van der Waals surface area (Å²) >= 11 is 0. The number of amides is 1. The van der Waals surface area contributed by atoms with Crippen molar-refractivity contribution in [3.05, 3.63) is 72.3 Å². The highest BCUT2D eigenvalue weighted by atomic mass is 16.1. The summed E-state index contributed by atoms with van der Waals surface area (Å²) in [6.45, 7) is 2.70. The molecule has 0 saturated heterocycles. The first-order valence-electron chi connectivity index (χ1n) is 9.55. The van der Waals surface area contributed by atoms with Gasteiger partial charge in [0.25, 0.3) is 5.91 Å². The molecule has 0 bridgehead atoms. The quantitative estimate of drug-likeness (QED) is 0.352. The SMILES string of the molecule is CCCNC(=O)c1ccc2nc3c4ccccc4c4ccccc4c3nc2c1. The van der Waals surface area contributed by atoms with E-state index in [9.17, 15) is 4.79 Å². The molecule has 136 valence electrons. The first-order valence-corrected chi connectivity index (χ1v) is 9.55. The van der Waals surface area contributed by atoms with Crippen LogP contribution < -0.4 is 5.32 Å². The van der Waals surface area contributed by atoms with Crippen molar-refractivity contribution in [3.63, 3.8) is 0 Å². The van der Waals surface area contributed by atoms with E-state index in [1.165, 1.54) is 5.39 Å². The van der Waals surface area contributed by atoms with E-state index in [1.807, 2.05) is 43.3 Å². The fraction of sp³-hybridized carbons (Fsp3) is 0.125. The van der Waals surface area contributed by atoms with Gasteiger partial charge < -0.3 is 5.32 Å². The van der Waals surface area contributed by atoms with E-state index < -0.39 is 0 Å². The molecule has 4 heteroatoms. The van der Waals surface area contributed by atoms with Crippen LogP contribution in [0.25, 0.3) is 43.6 Å². The van der Waals surface area contributed by atoms with Crippen LogP contribution in [-0.2, 0) is 0 Å². The van der Waals surface area contributed by atoms with E-state index in [-0.39, 0.29) is 5.91 Å². The highest BCUT2D eigenvalue weighted by Gasteiger charge is 2.13. The second-order valence-corrected chi connectivity index (χ2v) is 6.97. The lowest BCUT2D eigenvalue weighted by atomic mass is 9.99. The molecule has 0 unspecified atom stereocenters. The molecule has 0 atom stereocenters. The molecule has 0 radical (unpaired) electrons. The van der Waals surface area contributed by atoms with Gasteiger partial charge in [-0.3, -0.25) is 4.79 Å². The zero-order valence-corrected chi connectivity index (χ0v) is 15.6. The largest absolute Gasteiger partial charge is 0.352 e. The summed E-state index contributed by atoms with van der Waals surface area (Å²) in [6, 6.07) is 22.1. The molecule has 0 aliphatic heterocycles. The van der Waals surface area contributed by atoms with Crippen molar-refractivity contribution in [2.24, 2.45) is 0 Å². The van der Waals surface area contributed by atoms with Crippen LogP contribution in [0.1, 0.15) is 23.7 Å². The number of fused-ring (bicyclic) bond motifs is 7. The van der Waals surface area contributed by atoms with E-state index in [2.05, 4.69) is 35.6 Å². The molecule has 28 heavy (non-hydrogen) atoms. The average molecular weight is 365 g/mol. The lowest BCUT2D eigenvalue weighted by Gasteiger charge is -2.10. The minimum absolute atomic E-state index is 0.0750. The molecule has 0 aliphatic carbocycles. The van der Waals surface area contributed by atoms with Crippen molar-refractivity contribution in [1.82, 2.24) is 15.3 Å². The van der Waals surface area contributed by atoms with Crippen molar-refractivity contribution >= 4 is 49.5 Å². The molecule has 0 fully saturated rings.